The van der Waals surface area contributed by atoms with E-state index >= 15 is 0 Å². The molecule has 1 atom stereocenters. The Balaban J connectivity index is 1.57. The Morgan fingerprint density at radius 3 is 2.75 bits per heavy atom. The molecular formula is C19H23N3O2. The van der Waals surface area contributed by atoms with E-state index in [-0.39, 0.29) is 11.8 Å². The average Bonchev–Trinajstić information content (AvgIpc) is 2.65. The van der Waals surface area contributed by atoms with Gasteiger partial charge in [0.2, 0.25) is 5.91 Å². The minimum absolute atomic E-state index is 0.0358. The monoisotopic (exact) mass is 325 g/mol. The molecule has 3 rings (SSSR count). The molecule has 0 aliphatic carbocycles. The Hall–Kier alpha value is -2.40. The molecular weight excluding hydrogens is 302 g/mol. The Bertz CT molecular complexity index is 655. The average molecular weight is 325 g/mol. The van der Waals surface area contributed by atoms with E-state index in [4.69, 9.17) is 4.74 Å². The number of hydrogen-bond donors (Lipinski definition) is 2. The molecule has 0 bridgehead atoms. The summed E-state index contributed by atoms with van der Waals surface area (Å²) < 4.78 is 5.40. The molecule has 0 spiro atoms. The second-order valence-corrected chi connectivity index (χ2v) is 5.95. The molecule has 5 heteroatoms. The number of ether oxygens (including phenoxy) is 1. The van der Waals surface area contributed by atoms with Crippen LogP contribution >= 0.6 is 0 Å². The van der Waals surface area contributed by atoms with Gasteiger partial charge in [-0.05, 0) is 37.1 Å². The molecule has 2 heterocycles. The number of hydrogen-bond acceptors (Lipinski definition) is 4. The van der Waals surface area contributed by atoms with Gasteiger partial charge >= 0.3 is 0 Å². The normalized spacial score (nSPS) is 17.2. The molecule has 1 fully saturated rings. The number of anilines is 2. The fraction of sp³-hybridized carbons (Fsp3) is 0.368. The summed E-state index contributed by atoms with van der Waals surface area (Å²) in [6.45, 7) is 2.03. The topological polar surface area (TPSA) is 63.2 Å². The zero-order valence-electron chi connectivity index (χ0n) is 13.7. The van der Waals surface area contributed by atoms with E-state index in [0.717, 1.165) is 49.5 Å². The van der Waals surface area contributed by atoms with Crippen LogP contribution in [0.5, 0.6) is 0 Å². The third-order valence-corrected chi connectivity index (χ3v) is 4.14. The fourth-order valence-corrected chi connectivity index (χ4v) is 2.80. The third-order valence-electron chi connectivity index (χ3n) is 4.14. The third kappa shape index (κ3) is 4.55. The van der Waals surface area contributed by atoms with E-state index in [2.05, 4.69) is 15.6 Å². The summed E-state index contributed by atoms with van der Waals surface area (Å²) >= 11 is 0. The summed E-state index contributed by atoms with van der Waals surface area (Å²) in [6, 6.07) is 13.7. The van der Waals surface area contributed by atoms with Crippen molar-refractivity contribution in [3.05, 3.63) is 54.4 Å². The van der Waals surface area contributed by atoms with Crippen LogP contribution in [0.1, 0.15) is 18.5 Å². The molecule has 2 N–H and O–H groups in total. The molecule has 126 valence electrons. The molecule has 24 heavy (non-hydrogen) atoms. The van der Waals surface area contributed by atoms with Crippen LogP contribution in [0.4, 0.5) is 11.4 Å². The summed E-state index contributed by atoms with van der Waals surface area (Å²) in [6.07, 6.45) is 4.47. The van der Waals surface area contributed by atoms with E-state index in [0.29, 0.717) is 6.61 Å². The van der Waals surface area contributed by atoms with Crippen LogP contribution in [0.2, 0.25) is 0 Å². The molecule has 1 unspecified atom stereocenters. The van der Waals surface area contributed by atoms with Crippen molar-refractivity contribution in [2.24, 2.45) is 5.92 Å². The van der Waals surface area contributed by atoms with Gasteiger partial charge in [-0.2, -0.15) is 0 Å². The zero-order valence-corrected chi connectivity index (χ0v) is 13.7. The van der Waals surface area contributed by atoms with Crippen molar-refractivity contribution < 1.29 is 9.53 Å². The minimum Gasteiger partial charge on any atom is -0.383 e. The highest BCUT2D eigenvalue weighted by atomic mass is 16.5. The number of pyridine rings is 1. The lowest BCUT2D eigenvalue weighted by Gasteiger charge is -2.22. The summed E-state index contributed by atoms with van der Waals surface area (Å²) in [5.41, 5.74) is 2.79. The lowest BCUT2D eigenvalue weighted by atomic mass is 10.0. The van der Waals surface area contributed by atoms with Crippen molar-refractivity contribution in [3.8, 4) is 0 Å². The minimum atomic E-state index is -0.0553. The van der Waals surface area contributed by atoms with E-state index in [1.807, 2.05) is 42.5 Å². The molecule has 5 nitrogen and oxygen atoms in total. The maximum atomic E-state index is 12.4. The number of aromatic nitrogens is 1. The van der Waals surface area contributed by atoms with Crippen molar-refractivity contribution in [1.82, 2.24) is 4.98 Å². The Morgan fingerprint density at radius 1 is 1.17 bits per heavy atom. The number of nitrogens with one attached hydrogen (secondary N) is 2. The van der Waals surface area contributed by atoms with Crippen LogP contribution in [0.25, 0.3) is 0 Å². The van der Waals surface area contributed by atoms with Gasteiger partial charge in [-0.3, -0.25) is 9.78 Å². The van der Waals surface area contributed by atoms with E-state index in [1.54, 1.807) is 6.20 Å². The Kier molecular flexibility index (Phi) is 5.80. The molecule has 1 amide bonds. The van der Waals surface area contributed by atoms with Crippen LogP contribution < -0.4 is 10.6 Å². The Morgan fingerprint density at radius 2 is 2.00 bits per heavy atom. The van der Waals surface area contributed by atoms with Gasteiger partial charge in [0.05, 0.1) is 23.9 Å². The lowest BCUT2D eigenvalue weighted by molar-refractivity contribution is -0.123. The van der Waals surface area contributed by atoms with Gasteiger partial charge in [0.1, 0.15) is 0 Å². The lowest BCUT2D eigenvalue weighted by Crippen LogP contribution is -2.30. The van der Waals surface area contributed by atoms with Crippen LogP contribution in [0.3, 0.4) is 0 Å². The predicted octanol–water partition coefficient (Wildman–Crippen LogP) is 3.10. The maximum absolute atomic E-state index is 12.4. The molecule has 0 saturated carbocycles. The highest BCUT2D eigenvalue weighted by molar-refractivity contribution is 5.95. The van der Waals surface area contributed by atoms with Crippen LogP contribution in [0.15, 0.2) is 48.7 Å². The van der Waals surface area contributed by atoms with Crippen molar-refractivity contribution in [3.63, 3.8) is 0 Å². The van der Waals surface area contributed by atoms with Gasteiger partial charge in [0, 0.05) is 31.5 Å². The molecule has 2 aromatic rings. The van der Waals surface area contributed by atoms with Crippen molar-refractivity contribution in [1.29, 1.82) is 0 Å². The van der Waals surface area contributed by atoms with Gasteiger partial charge < -0.3 is 15.4 Å². The van der Waals surface area contributed by atoms with Crippen molar-refractivity contribution in [2.45, 2.75) is 19.3 Å². The highest BCUT2D eigenvalue weighted by Crippen LogP contribution is 2.23. The first kappa shape index (κ1) is 16.5. The largest absolute Gasteiger partial charge is 0.383 e. The molecule has 1 saturated heterocycles. The maximum Gasteiger partial charge on any atom is 0.229 e. The van der Waals surface area contributed by atoms with E-state index in [9.17, 15) is 4.79 Å². The number of carbonyl (C=O) groups excluding carboxylic acids is 1. The molecule has 1 aliphatic rings. The number of amides is 1. The summed E-state index contributed by atoms with van der Waals surface area (Å²) in [7, 11) is 0. The second-order valence-electron chi connectivity index (χ2n) is 5.95. The fourth-order valence-electron chi connectivity index (χ4n) is 2.80. The summed E-state index contributed by atoms with van der Waals surface area (Å²) in [4.78, 5) is 16.7. The van der Waals surface area contributed by atoms with Gasteiger partial charge in [-0.25, -0.2) is 0 Å². The van der Waals surface area contributed by atoms with Gasteiger partial charge in [-0.15, -0.1) is 0 Å². The summed E-state index contributed by atoms with van der Waals surface area (Å²) in [5.74, 6) is -0.0194. The molecule has 0 radical (unpaired) electrons. The SMILES string of the molecule is O=C(Nc1ccccc1NCCc1ccccn1)C1CCCOC1. The first-order chi connectivity index (χ1) is 11.8. The van der Waals surface area contributed by atoms with Gasteiger partial charge in [-0.1, -0.05) is 18.2 Å². The second kappa shape index (κ2) is 8.45. The molecule has 1 aromatic heterocycles. The zero-order chi connectivity index (χ0) is 16.6. The first-order valence-electron chi connectivity index (χ1n) is 8.44. The first-order valence-corrected chi connectivity index (χ1v) is 8.44. The van der Waals surface area contributed by atoms with Crippen LogP contribution in [-0.2, 0) is 16.0 Å². The number of benzene rings is 1. The van der Waals surface area contributed by atoms with Crippen molar-refractivity contribution >= 4 is 17.3 Å². The summed E-state index contributed by atoms with van der Waals surface area (Å²) in [5, 5.41) is 6.42. The number of para-hydroxylation sites is 2. The number of carbonyl (C=O) groups is 1. The van der Waals surface area contributed by atoms with E-state index < -0.39 is 0 Å². The highest BCUT2D eigenvalue weighted by Gasteiger charge is 2.22. The van der Waals surface area contributed by atoms with Crippen LogP contribution in [0, 0.1) is 5.92 Å². The number of rotatable bonds is 6. The predicted molar refractivity (Wildman–Crippen MR) is 95.0 cm³/mol. The Labute approximate surface area is 142 Å². The van der Waals surface area contributed by atoms with Gasteiger partial charge in [0.25, 0.3) is 0 Å². The van der Waals surface area contributed by atoms with Crippen LogP contribution in [-0.4, -0.2) is 30.6 Å². The van der Waals surface area contributed by atoms with Gasteiger partial charge in [0.15, 0.2) is 0 Å². The number of nitrogens with zero attached hydrogens (tertiary/aromatic N) is 1. The van der Waals surface area contributed by atoms with Crippen molar-refractivity contribution in [2.75, 3.05) is 30.4 Å². The standard InChI is InChI=1S/C19H23N3O2/c23-19(15-6-5-13-24-14-15)22-18-9-2-1-8-17(18)21-12-10-16-7-3-4-11-20-16/h1-4,7-9,11,15,21H,5-6,10,12-14H2,(H,22,23). The van der Waals surface area contributed by atoms with E-state index in [1.165, 1.54) is 0 Å². The molecule has 1 aliphatic heterocycles. The smallest absolute Gasteiger partial charge is 0.229 e. The molecule has 1 aromatic carbocycles. The quantitative estimate of drug-likeness (QED) is 0.856.